The van der Waals surface area contributed by atoms with Crippen molar-refractivity contribution in [1.82, 2.24) is 36.7 Å². The van der Waals surface area contributed by atoms with Crippen molar-refractivity contribution in [3.63, 3.8) is 0 Å². The normalized spacial score (nSPS) is 16.5. The van der Waals surface area contributed by atoms with Gasteiger partial charge in [0.25, 0.3) is 0 Å². The highest BCUT2D eigenvalue weighted by Gasteiger charge is 2.15. The highest BCUT2D eigenvalue weighted by atomic mass is 16.2. The molecule has 1 aliphatic rings. The summed E-state index contributed by atoms with van der Waals surface area (Å²) in [4.78, 5) is 15.2. The Morgan fingerprint density at radius 1 is 1.53 bits per heavy atom. The fourth-order valence-corrected chi connectivity index (χ4v) is 1.28. The number of amides is 2. The molecule has 1 aromatic rings. The lowest BCUT2D eigenvalue weighted by Gasteiger charge is -2.10. The summed E-state index contributed by atoms with van der Waals surface area (Å²) < 4.78 is 0. The van der Waals surface area contributed by atoms with Gasteiger partial charge in [0.15, 0.2) is 0 Å². The van der Waals surface area contributed by atoms with Crippen LogP contribution in [0.3, 0.4) is 0 Å². The molecule has 8 nitrogen and oxygen atoms in total. The van der Waals surface area contributed by atoms with Gasteiger partial charge in [-0.1, -0.05) is 0 Å². The van der Waals surface area contributed by atoms with Crippen LogP contribution in [0, 0.1) is 0 Å². The molecule has 82 valence electrons. The molecule has 2 rings (SSSR count). The number of aromatic amines is 1. The smallest absolute Gasteiger partial charge is 0.315 e. The molecule has 0 aromatic carbocycles. The third kappa shape index (κ3) is 2.89. The van der Waals surface area contributed by atoms with Crippen molar-refractivity contribution in [2.45, 2.75) is 12.6 Å². The van der Waals surface area contributed by atoms with Crippen LogP contribution >= 0.6 is 0 Å². The van der Waals surface area contributed by atoms with Crippen LogP contribution in [0.2, 0.25) is 0 Å². The zero-order valence-electron chi connectivity index (χ0n) is 8.08. The molecule has 0 spiro atoms. The third-order valence-electron chi connectivity index (χ3n) is 2.04. The van der Waals surface area contributed by atoms with Gasteiger partial charge in [0.1, 0.15) is 12.2 Å². The zero-order chi connectivity index (χ0) is 10.5. The second-order valence-electron chi connectivity index (χ2n) is 3.22. The van der Waals surface area contributed by atoms with Crippen molar-refractivity contribution >= 4 is 6.03 Å². The van der Waals surface area contributed by atoms with Gasteiger partial charge in [0, 0.05) is 13.1 Å². The molecule has 1 fully saturated rings. The molecule has 2 amide bonds. The average molecular weight is 211 g/mol. The molecule has 8 heteroatoms. The Labute approximate surface area is 86.2 Å². The summed E-state index contributed by atoms with van der Waals surface area (Å²) in [5, 5.41) is 11.8. The first-order valence-corrected chi connectivity index (χ1v) is 4.69. The second kappa shape index (κ2) is 4.71. The predicted octanol–water partition coefficient (Wildman–Crippen LogP) is -1.92. The fraction of sp³-hybridized carbons (Fsp3) is 0.571. The summed E-state index contributed by atoms with van der Waals surface area (Å²) >= 11 is 0. The number of carbonyl (C=O) groups is 1. The van der Waals surface area contributed by atoms with Gasteiger partial charge < -0.3 is 10.6 Å². The second-order valence-corrected chi connectivity index (χ2v) is 3.22. The molecular weight excluding hydrogens is 198 g/mol. The van der Waals surface area contributed by atoms with Crippen molar-refractivity contribution < 1.29 is 4.79 Å². The molecule has 1 saturated heterocycles. The SMILES string of the molecule is O=C(NCc1ncn[nH]1)NC1CNNC1. The van der Waals surface area contributed by atoms with Crippen LogP contribution in [-0.2, 0) is 6.54 Å². The molecule has 1 aliphatic heterocycles. The quantitative estimate of drug-likeness (QED) is 0.401. The van der Waals surface area contributed by atoms with E-state index in [0.717, 1.165) is 13.1 Å². The summed E-state index contributed by atoms with van der Waals surface area (Å²) in [5.74, 6) is 0.632. The molecule has 15 heavy (non-hydrogen) atoms. The minimum Gasteiger partial charge on any atom is -0.333 e. The molecule has 0 bridgehead atoms. The maximum absolute atomic E-state index is 11.4. The maximum atomic E-state index is 11.4. The van der Waals surface area contributed by atoms with E-state index >= 15 is 0 Å². The van der Waals surface area contributed by atoms with E-state index in [0.29, 0.717) is 12.4 Å². The molecule has 5 N–H and O–H groups in total. The van der Waals surface area contributed by atoms with Gasteiger partial charge in [-0.05, 0) is 0 Å². The lowest BCUT2D eigenvalue weighted by Crippen LogP contribution is -2.44. The first-order chi connectivity index (χ1) is 7.34. The number of rotatable bonds is 3. The van der Waals surface area contributed by atoms with E-state index in [1.54, 1.807) is 0 Å². The van der Waals surface area contributed by atoms with E-state index in [4.69, 9.17) is 0 Å². The van der Waals surface area contributed by atoms with E-state index in [1.807, 2.05) is 0 Å². The standard InChI is InChI=1S/C7H13N7O/c15-7(13-5-1-10-11-2-5)8-3-6-9-4-12-14-6/h4-5,10-11H,1-3H2,(H2,8,13,15)(H,9,12,14). The van der Waals surface area contributed by atoms with Crippen LogP contribution in [0.1, 0.15) is 5.82 Å². The Bertz CT molecular complexity index is 305. The van der Waals surface area contributed by atoms with Crippen molar-refractivity contribution in [2.75, 3.05) is 13.1 Å². The number of carbonyl (C=O) groups excluding carboxylic acids is 1. The third-order valence-corrected chi connectivity index (χ3v) is 2.04. The molecular formula is C7H13N7O. The number of hydrogen-bond acceptors (Lipinski definition) is 5. The summed E-state index contributed by atoms with van der Waals surface area (Å²) in [6.45, 7) is 1.81. The van der Waals surface area contributed by atoms with Gasteiger partial charge in [-0.3, -0.25) is 16.0 Å². The minimum atomic E-state index is -0.207. The number of nitrogens with one attached hydrogen (secondary N) is 5. The van der Waals surface area contributed by atoms with Crippen LogP contribution in [0.4, 0.5) is 4.79 Å². The van der Waals surface area contributed by atoms with Gasteiger partial charge in [-0.25, -0.2) is 9.78 Å². The zero-order valence-corrected chi connectivity index (χ0v) is 8.08. The van der Waals surface area contributed by atoms with Gasteiger partial charge >= 0.3 is 6.03 Å². The Hall–Kier alpha value is -1.67. The highest BCUT2D eigenvalue weighted by Crippen LogP contribution is 1.87. The number of nitrogens with zero attached hydrogens (tertiary/aromatic N) is 2. The molecule has 0 unspecified atom stereocenters. The molecule has 0 atom stereocenters. The number of urea groups is 1. The van der Waals surface area contributed by atoms with Gasteiger partial charge in [0.05, 0.1) is 12.6 Å². The van der Waals surface area contributed by atoms with Crippen LogP contribution in [-0.4, -0.2) is 40.3 Å². The van der Waals surface area contributed by atoms with Crippen LogP contribution in [0.15, 0.2) is 6.33 Å². The van der Waals surface area contributed by atoms with Crippen molar-refractivity contribution in [3.8, 4) is 0 Å². The lowest BCUT2D eigenvalue weighted by atomic mass is 10.3. The molecule has 1 aromatic heterocycles. The van der Waals surface area contributed by atoms with Crippen molar-refractivity contribution in [1.29, 1.82) is 0 Å². The monoisotopic (exact) mass is 211 g/mol. The van der Waals surface area contributed by atoms with E-state index in [2.05, 4.69) is 36.7 Å². The predicted molar refractivity (Wildman–Crippen MR) is 51.5 cm³/mol. The fourth-order valence-electron chi connectivity index (χ4n) is 1.28. The molecule has 2 heterocycles. The Morgan fingerprint density at radius 3 is 3.00 bits per heavy atom. The van der Waals surface area contributed by atoms with Crippen LogP contribution in [0.25, 0.3) is 0 Å². The first kappa shape index (κ1) is 9.87. The van der Waals surface area contributed by atoms with E-state index < -0.39 is 0 Å². The van der Waals surface area contributed by atoms with E-state index in [-0.39, 0.29) is 12.1 Å². The number of hydrazine groups is 1. The topological polar surface area (TPSA) is 107 Å². The van der Waals surface area contributed by atoms with Gasteiger partial charge in [0.2, 0.25) is 0 Å². The van der Waals surface area contributed by atoms with Gasteiger partial charge in [-0.15, -0.1) is 0 Å². The number of hydrogen-bond donors (Lipinski definition) is 5. The average Bonchev–Trinajstić information content (AvgIpc) is 2.86. The summed E-state index contributed by atoms with van der Waals surface area (Å²) in [7, 11) is 0. The molecule has 0 radical (unpaired) electrons. The van der Waals surface area contributed by atoms with Crippen LogP contribution in [0.5, 0.6) is 0 Å². The minimum absolute atomic E-state index is 0.125. The summed E-state index contributed by atoms with van der Waals surface area (Å²) in [6, 6.07) is -0.0818. The van der Waals surface area contributed by atoms with E-state index in [1.165, 1.54) is 6.33 Å². The van der Waals surface area contributed by atoms with E-state index in [9.17, 15) is 4.79 Å². The largest absolute Gasteiger partial charge is 0.333 e. The Morgan fingerprint density at radius 2 is 2.33 bits per heavy atom. The molecule has 0 aliphatic carbocycles. The van der Waals surface area contributed by atoms with Gasteiger partial charge in [-0.2, -0.15) is 5.10 Å². The highest BCUT2D eigenvalue weighted by molar-refractivity contribution is 5.74. The van der Waals surface area contributed by atoms with Crippen molar-refractivity contribution in [3.05, 3.63) is 12.2 Å². The first-order valence-electron chi connectivity index (χ1n) is 4.69. The number of H-pyrrole nitrogens is 1. The number of aromatic nitrogens is 3. The summed E-state index contributed by atoms with van der Waals surface area (Å²) in [6.07, 6.45) is 1.40. The lowest BCUT2D eigenvalue weighted by molar-refractivity contribution is 0.237. The summed E-state index contributed by atoms with van der Waals surface area (Å²) in [5.41, 5.74) is 5.85. The Balaban J connectivity index is 1.68. The maximum Gasteiger partial charge on any atom is 0.315 e. The molecule has 0 saturated carbocycles. The van der Waals surface area contributed by atoms with Crippen molar-refractivity contribution in [2.24, 2.45) is 0 Å². The Kier molecular flexibility index (Phi) is 3.10. The van der Waals surface area contributed by atoms with Crippen LogP contribution < -0.4 is 21.5 Å².